The molecule has 2 unspecified atom stereocenters. The molecule has 354 valence electrons. The third-order valence-corrected chi connectivity index (χ3v) is 14.0. The van der Waals surface area contributed by atoms with Gasteiger partial charge in [-0.15, -0.1) is 0 Å². The number of methoxy groups -OCH3 is 1. The summed E-state index contributed by atoms with van der Waals surface area (Å²) in [7, 11) is 5.39. The molecule has 4 saturated heterocycles. The van der Waals surface area contributed by atoms with E-state index in [9.17, 15) is 24.9 Å². The number of carbonyl (C=O) groups excluding carboxylic acids is 2. The quantitative estimate of drug-likeness (QED) is 0.191. The highest BCUT2D eigenvalue weighted by molar-refractivity contribution is 5.73. The van der Waals surface area contributed by atoms with Crippen LogP contribution in [0.2, 0.25) is 0 Å². The number of likely N-dealkylation sites (N-methyl/N-ethyl adjacent to an activating group) is 1. The van der Waals surface area contributed by atoms with Gasteiger partial charge in [-0.1, -0.05) is 51.1 Å². The average Bonchev–Trinajstić information content (AvgIpc) is 4.04. The second kappa shape index (κ2) is 20.4. The largest absolute Gasteiger partial charge is 0.509 e. The molecule has 0 aromatic heterocycles. The number of aliphatic hydroxyl groups excluding tert-OH is 1. The molecule has 1 aromatic carbocycles. The summed E-state index contributed by atoms with van der Waals surface area (Å²) >= 11 is 0. The maximum atomic E-state index is 14.5. The molecule has 5 rings (SSSR count). The lowest BCUT2D eigenvalue weighted by Gasteiger charge is -2.49. The van der Waals surface area contributed by atoms with Gasteiger partial charge < -0.3 is 68.2 Å². The Bertz CT molecular complexity index is 1610. The lowest BCUT2D eigenvalue weighted by Crippen LogP contribution is -2.62. The zero-order valence-electron chi connectivity index (χ0n) is 39.2. The van der Waals surface area contributed by atoms with Crippen molar-refractivity contribution in [3.05, 3.63) is 35.9 Å². The van der Waals surface area contributed by atoms with Gasteiger partial charge in [-0.05, 0) is 99.9 Å². The van der Waals surface area contributed by atoms with Gasteiger partial charge in [0, 0.05) is 25.5 Å². The summed E-state index contributed by atoms with van der Waals surface area (Å²) in [5.41, 5.74) is -4.12. The van der Waals surface area contributed by atoms with E-state index < -0.39 is 102 Å². The normalized spacial score (nSPS) is 44.8. The monoisotopic (exact) mass is 881 g/mol. The Morgan fingerprint density at radius 1 is 0.968 bits per heavy atom. The van der Waals surface area contributed by atoms with Gasteiger partial charge >= 0.3 is 12.1 Å². The highest BCUT2D eigenvalue weighted by Crippen LogP contribution is 2.51. The predicted molar refractivity (Wildman–Crippen MR) is 228 cm³/mol. The van der Waals surface area contributed by atoms with E-state index in [2.05, 4.69) is 5.32 Å². The van der Waals surface area contributed by atoms with Gasteiger partial charge in [0.2, 0.25) is 0 Å². The molecule has 4 aliphatic heterocycles. The zero-order chi connectivity index (χ0) is 45.9. The summed E-state index contributed by atoms with van der Waals surface area (Å²) < 4.78 is 56.6. The number of carbonyl (C=O) groups is 2. The summed E-state index contributed by atoms with van der Waals surface area (Å²) in [4.78, 5) is 29.8. The van der Waals surface area contributed by atoms with Crippen LogP contribution in [0.1, 0.15) is 100 Å². The molecule has 1 spiro atoms. The van der Waals surface area contributed by atoms with E-state index in [1.165, 1.54) is 6.92 Å². The summed E-state index contributed by atoms with van der Waals surface area (Å²) in [5, 5.41) is 39.3. The molecule has 0 bridgehead atoms. The number of aliphatic hydroxyl groups is 3. The molecular formula is C46H76N2O14. The number of esters is 1. The fourth-order valence-electron chi connectivity index (χ4n) is 10.0. The molecule has 16 nitrogen and oxygen atoms in total. The van der Waals surface area contributed by atoms with E-state index in [1.54, 1.807) is 34.8 Å². The Balaban J connectivity index is 1.56. The molecule has 62 heavy (non-hydrogen) atoms. The second-order valence-electron chi connectivity index (χ2n) is 19.4. The van der Waals surface area contributed by atoms with E-state index in [4.69, 9.17) is 42.6 Å². The molecule has 0 aliphatic carbocycles. The zero-order valence-corrected chi connectivity index (χ0v) is 39.2. The van der Waals surface area contributed by atoms with Crippen LogP contribution in [0.25, 0.3) is 0 Å². The van der Waals surface area contributed by atoms with Crippen molar-refractivity contribution in [2.75, 3.05) is 34.4 Å². The fraction of sp³-hybridized carbons (Fsp3) is 0.826. The third kappa shape index (κ3) is 11.1. The van der Waals surface area contributed by atoms with Crippen LogP contribution in [-0.2, 0) is 54.0 Å². The summed E-state index contributed by atoms with van der Waals surface area (Å²) in [5.74, 6) is -2.73. The van der Waals surface area contributed by atoms with Gasteiger partial charge in [0.15, 0.2) is 18.7 Å². The molecule has 0 amide bonds. The Kier molecular flexibility index (Phi) is 16.6. The number of hydrogen-bond acceptors (Lipinski definition) is 16. The van der Waals surface area contributed by atoms with Crippen molar-refractivity contribution in [3.63, 3.8) is 0 Å². The minimum Gasteiger partial charge on any atom is -0.459 e. The number of hydrogen-bond donors (Lipinski definition) is 4. The van der Waals surface area contributed by atoms with Crippen molar-refractivity contribution >= 4 is 12.1 Å². The van der Waals surface area contributed by atoms with Gasteiger partial charge in [0.25, 0.3) is 0 Å². The molecule has 4 N–H and O–H groups in total. The molecule has 18 atom stereocenters. The first-order valence-electron chi connectivity index (χ1n) is 22.4. The van der Waals surface area contributed by atoms with Crippen LogP contribution >= 0.6 is 0 Å². The number of cyclic esters (lactones) is 1. The topological polar surface area (TPSA) is 196 Å². The van der Waals surface area contributed by atoms with Crippen LogP contribution in [0.3, 0.4) is 0 Å². The van der Waals surface area contributed by atoms with E-state index in [0.717, 1.165) is 5.56 Å². The minimum atomic E-state index is -1.82. The van der Waals surface area contributed by atoms with Crippen molar-refractivity contribution in [1.82, 2.24) is 10.2 Å². The number of benzene rings is 1. The summed E-state index contributed by atoms with van der Waals surface area (Å²) in [6.07, 6.45) is -8.18. The Morgan fingerprint density at radius 3 is 2.23 bits per heavy atom. The van der Waals surface area contributed by atoms with Crippen LogP contribution in [0.4, 0.5) is 4.79 Å². The van der Waals surface area contributed by atoms with Crippen molar-refractivity contribution in [2.24, 2.45) is 17.8 Å². The number of rotatable bonds is 10. The predicted octanol–water partition coefficient (Wildman–Crippen LogP) is 4.33. The maximum absolute atomic E-state index is 14.5. The highest BCUT2D eigenvalue weighted by atomic mass is 16.8. The van der Waals surface area contributed by atoms with Gasteiger partial charge in [-0.3, -0.25) is 4.79 Å². The van der Waals surface area contributed by atoms with Crippen LogP contribution in [-0.4, -0.2) is 156 Å². The standard InChI is InChI=1S/C46H76N2O14/c1-14-34-45(10,53)38(49)30(6)47-23-26(2)21-43(8,52)39(28(4)36(29(5)40(50)59-34)60-35-22-44(9,54-13)46(25-56-46)31(7)58-35)62-41-37(33(48(11)12)20-27(3)57-41)61-42(51)55-24-32-18-16-15-17-19-32/h15-19,26-31,33-39,41,47,49,52-53H,14,20-25H2,1-13H3/t26-,27-,28+,29-,30-,31+,33+,34-,35?,36+,37-,38-,39-,41?,43-,44-,45-,46+/m1/s1. The average molecular weight is 881 g/mol. The van der Waals surface area contributed by atoms with Crippen LogP contribution in [0.5, 0.6) is 0 Å². The second-order valence-corrected chi connectivity index (χ2v) is 19.4. The Morgan fingerprint density at radius 2 is 1.63 bits per heavy atom. The molecule has 4 aliphatic rings. The van der Waals surface area contributed by atoms with Gasteiger partial charge in [-0.2, -0.15) is 0 Å². The van der Waals surface area contributed by atoms with E-state index in [1.807, 2.05) is 83.9 Å². The first-order chi connectivity index (χ1) is 29.0. The molecule has 16 heteroatoms. The Labute approximate surface area is 368 Å². The van der Waals surface area contributed by atoms with Crippen molar-refractivity contribution < 1.29 is 67.5 Å². The van der Waals surface area contributed by atoms with E-state index >= 15 is 0 Å². The lowest BCUT2D eigenvalue weighted by atomic mass is 9.77. The first-order valence-corrected chi connectivity index (χ1v) is 22.4. The van der Waals surface area contributed by atoms with Gasteiger partial charge in [0.05, 0.1) is 48.6 Å². The molecule has 4 heterocycles. The third-order valence-electron chi connectivity index (χ3n) is 14.0. The van der Waals surface area contributed by atoms with E-state index in [0.29, 0.717) is 19.6 Å². The summed E-state index contributed by atoms with van der Waals surface area (Å²) in [6, 6.07) is 8.29. The molecule has 4 fully saturated rings. The van der Waals surface area contributed by atoms with Crippen LogP contribution in [0.15, 0.2) is 30.3 Å². The van der Waals surface area contributed by atoms with Crippen LogP contribution in [0, 0.1) is 17.8 Å². The van der Waals surface area contributed by atoms with Crippen molar-refractivity contribution in [3.8, 4) is 0 Å². The maximum Gasteiger partial charge on any atom is 0.509 e. The molecule has 0 radical (unpaired) electrons. The number of nitrogens with one attached hydrogen (secondary N) is 1. The van der Waals surface area contributed by atoms with Crippen LogP contribution < -0.4 is 5.32 Å². The summed E-state index contributed by atoms with van der Waals surface area (Å²) in [6.45, 7) is 18.7. The first kappa shape index (κ1) is 50.5. The SMILES string of the molecule is CC[C@H]1OC(=O)[C@H](C)[C@@H](OC2C[C@@](C)(OC)[C@]3(CO3)[C@H](C)O2)[C@H](C)[C@@H](OC2O[C@H](C)C[C@H](N(C)C)[C@H]2OC(=O)OCc2ccccc2)[C@](C)(O)C[C@@H](C)CN[C@H](C)[C@@H](O)[C@]1(C)O. The van der Waals surface area contributed by atoms with Crippen molar-refractivity contribution in [2.45, 2.75) is 191 Å². The number of nitrogens with zero attached hydrogens (tertiary/aromatic N) is 1. The molecular weight excluding hydrogens is 805 g/mol. The Hall–Kier alpha value is -2.48. The fourth-order valence-corrected chi connectivity index (χ4v) is 10.0. The minimum absolute atomic E-state index is 0.00368. The molecule has 0 saturated carbocycles. The number of ether oxygens (including phenoxy) is 9. The highest BCUT2D eigenvalue weighted by Gasteiger charge is 2.67. The molecule has 1 aromatic rings. The van der Waals surface area contributed by atoms with Crippen molar-refractivity contribution in [1.29, 1.82) is 0 Å². The smallest absolute Gasteiger partial charge is 0.459 e. The van der Waals surface area contributed by atoms with Gasteiger partial charge in [-0.25, -0.2) is 4.79 Å². The number of epoxide rings is 1. The van der Waals surface area contributed by atoms with E-state index in [-0.39, 0.29) is 43.9 Å². The van der Waals surface area contributed by atoms with Gasteiger partial charge in [0.1, 0.15) is 35.6 Å². The lowest BCUT2D eigenvalue weighted by molar-refractivity contribution is -0.315.